The average Bonchev–Trinajstić information content (AvgIpc) is 2.66. The Morgan fingerprint density at radius 1 is 1.88 bits per heavy atom. The van der Waals surface area contributed by atoms with Crippen LogP contribution in [0.4, 0.5) is 0 Å². The SMILES string of the molecule is C#CCNC(C(=O)OCC)c1ncc(Cl)s1. The molecule has 0 fully saturated rings. The third kappa shape index (κ3) is 3.49. The number of esters is 1. The zero-order chi connectivity index (χ0) is 12.0. The number of carbonyl (C=O) groups is 1. The first-order valence-corrected chi connectivity index (χ1v) is 5.83. The van der Waals surface area contributed by atoms with E-state index in [-0.39, 0.29) is 6.54 Å². The van der Waals surface area contributed by atoms with Crippen LogP contribution in [0.2, 0.25) is 4.34 Å². The van der Waals surface area contributed by atoms with E-state index < -0.39 is 12.0 Å². The van der Waals surface area contributed by atoms with Gasteiger partial charge in [-0.05, 0) is 6.92 Å². The molecule has 1 N–H and O–H groups in total. The highest BCUT2D eigenvalue weighted by atomic mass is 35.5. The lowest BCUT2D eigenvalue weighted by Crippen LogP contribution is -2.30. The van der Waals surface area contributed by atoms with Gasteiger partial charge >= 0.3 is 5.97 Å². The van der Waals surface area contributed by atoms with Crippen molar-refractivity contribution >= 4 is 28.9 Å². The Morgan fingerprint density at radius 2 is 2.62 bits per heavy atom. The molecule has 0 aliphatic carbocycles. The van der Waals surface area contributed by atoms with Crippen molar-refractivity contribution in [2.75, 3.05) is 13.2 Å². The second-order valence-corrected chi connectivity index (χ2v) is 4.47. The second-order valence-electron chi connectivity index (χ2n) is 2.77. The molecule has 0 aliphatic heterocycles. The molecular formula is C10H11ClN2O2S. The molecule has 1 aromatic rings. The number of ether oxygens (including phenoxy) is 1. The maximum Gasteiger partial charge on any atom is 0.330 e. The normalized spacial score (nSPS) is 11.8. The fourth-order valence-electron chi connectivity index (χ4n) is 1.06. The van der Waals surface area contributed by atoms with Crippen LogP contribution in [0.1, 0.15) is 18.0 Å². The summed E-state index contributed by atoms with van der Waals surface area (Å²) in [6.07, 6.45) is 6.62. The van der Waals surface area contributed by atoms with Gasteiger partial charge in [0, 0.05) is 0 Å². The maximum atomic E-state index is 11.6. The van der Waals surface area contributed by atoms with Crippen molar-refractivity contribution in [3.05, 3.63) is 15.5 Å². The maximum absolute atomic E-state index is 11.6. The van der Waals surface area contributed by atoms with Gasteiger partial charge in [-0.25, -0.2) is 9.78 Å². The molecule has 0 bridgehead atoms. The van der Waals surface area contributed by atoms with E-state index >= 15 is 0 Å². The number of rotatable bonds is 5. The van der Waals surface area contributed by atoms with Crippen molar-refractivity contribution in [3.8, 4) is 12.3 Å². The lowest BCUT2D eigenvalue weighted by atomic mass is 10.3. The Labute approximate surface area is 103 Å². The molecule has 6 heteroatoms. The van der Waals surface area contributed by atoms with Gasteiger partial charge in [0.15, 0.2) is 6.04 Å². The number of carbonyl (C=O) groups excluding carboxylic acids is 1. The molecule has 1 heterocycles. The zero-order valence-corrected chi connectivity index (χ0v) is 10.3. The number of nitrogens with zero attached hydrogens (tertiary/aromatic N) is 1. The molecule has 0 aromatic carbocycles. The van der Waals surface area contributed by atoms with Crippen LogP contribution in [-0.2, 0) is 9.53 Å². The van der Waals surface area contributed by atoms with Crippen molar-refractivity contribution < 1.29 is 9.53 Å². The Balaban J connectivity index is 2.79. The van der Waals surface area contributed by atoms with Crippen LogP contribution >= 0.6 is 22.9 Å². The lowest BCUT2D eigenvalue weighted by molar-refractivity contribution is -0.145. The molecule has 0 saturated carbocycles. The van der Waals surface area contributed by atoms with Gasteiger partial charge in [0.05, 0.1) is 19.3 Å². The van der Waals surface area contributed by atoms with Gasteiger partial charge in [0.25, 0.3) is 0 Å². The minimum Gasteiger partial charge on any atom is -0.465 e. The van der Waals surface area contributed by atoms with E-state index in [4.69, 9.17) is 22.8 Å². The fourth-order valence-corrected chi connectivity index (χ4v) is 2.05. The number of thiazole rings is 1. The van der Waals surface area contributed by atoms with E-state index in [0.29, 0.717) is 16.0 Å². The number of halogens is 1. The Kier molecular flexibility index (Phi) is 5.26. The average molecular weight is 259 g/mol. The number of terminal acetylenes is 1. The first kappa shape index (κ1) is 13.0. The number of nitrogens with one attached hydrogen (secondary N) is 1. The van der Waals surface area contributed by atoms with E-state index in [1.54, 1.807) is 6.92 Å². The molecule has 0 amide bonds. The summed E-state index contributed by atoms with van der Waals surface area (Å²) in [5, 5.41) is 3.42. The van der Waals surface area contributed by atoms with Crippen molar-refractivity contribution in [1.82, 2.24) is 10.3 Å². The molecule has 1 rings (SSSR count). The van der Waals surface area contributed by atoms with Gasteiger partial charge in [0.2, 0.25) is 0 Å². The minimum absolute atomic E-state index is 0.265. The smallest absolute Gasteiger partial charge is 0.330 e. The topological polar surface area (TPSA) is 51.2 Å². The van der Waals surface area contributed by atoms with Crippen LogP contribution in [0.25, 0.3) is 0 Å². The van der Waals surface area contributed by atoms with Gasteiger partial charge in [-0.1, -0.05) is 17.5 Å². The second kappa shape index (κ2) is 6.48. The summed E-state index contributed by atoms with van der Waals surface area (Å²) >= 11 is 6.98. The van der Waals surface area contributed by atoms with Crippen LogP contribution < -0.4 is 5.32 Å². The summed E-state index contributed by atoms with van der Waals surface area (Å²) < 4.78 is 5.44. The van der Waals surface area contributed by atoms with Gasteiger partial charge in [-0.2, -0.15) is 0 Å². The molecule has 1 atom stereocenters. The molecule has 1 unspecified atom stereocenters. The molecule has 4 nitrogen and oxygen atoms in total. The molecule has 0 spiro atoms. The van der Waals surface area contributed by atoms with Gasteiger partial charge in [0.1, 0.15) is 9.34 Å². The zero-order valence-electron chi connectivity index (χ0n) is 8.70. The molecular weight excluding hydrogens is 248 g/mol. The quantitative estimate of drug-likeness (QED) is 0.644. The van der Waals surface area contributed by atoms with Crippen LogP contribution in [0.3, 0.4) is 0 Å². The summed E-state index contributed by atoms with van der Waals surface area (Å²) in [6.45, 7) is 2.32. The monoisotopic (exact) mass is 258 g/mol. The van der Waals surface area contributed by atoms with Crippen molar-refractivity contribution in [2.24, 2.45) is 0 Å². The van der Waals surface area contributed by atoms with Gasteiger partial charge in [-0.3, -0.25) is 5.32 Å². The lowest BCUT2D eigenvalue weighted by Gasteiger charge is -2.12. The van der Waals surface area contributed by atoms with E-state index in [9.17, 15) is 4.79 Å². The van der Waals surface area contributed by atoms with Crippen molar-refractivity contribution in [2.45, 2.75) is 13.0 Å². The molecule has 1 aromatic heterocycles. The Hall–Kier alpha value is -1.09. The molecule has 86 valence electrons. The number of hydrogen-bond donors (Lipinski definition) is 1. The van der Waals surface area contributed by atoms with E-state index in [0.717, 1.165) is 0 Å². The summed E-state index contributed by atoms with van der Waals surface area (Å²) in [6, 6.07) is -0.645. The van der Waals surface area contributed by atoms with Crippen molar-refractivity contribution in [1.29, 1.82) is 0 Å². The first-order chi connectivity index (χ1) is 7.69. The Bertz CT molecular complexity index is 400. The summed E-state index contributed by atoms with van der Waals surface area (Å²) in [7, 11) is 0. The highest BCUT2D eigenvalue weighted by Gasteiger charge is 2.24. The van der Waals surface area contributed by atoms with Crippen LogP contribution in [0.15, 0.2) is 6.20 Å². The third-order valence-electron chi connectivity index (χ3n) is 1.67. The van der Waals surface area contributed by atoms with E-state index in [1.807, 2.05) is 0 Å². The highest BCUT2D eigenvalue weighted by Crippen LogP contribution is 2.24. The van der Waals surface area contributed by atoms with Crippen molar-refractivity contribution in [3.63, 3.8) is 0 Å². The fraction of sp³-hybridized carbons (Fsp3) is 0.400. The number of aromatic nitrogens is 1. The van der Waals surface area contributed by atoms with Gasteiger partial charge in [-0.15, -0.1) is 17.8 Å². The summed E-state index contributed by atoms with van der Waals surface area (Å²) in [5.41, 5.74) is 0. The largest absolute Gasteiger partial charge is 0.465 e. The molecule has 16 heavy (non-hydrogen) atoms. The predicted octanol–water partition coefficient (Wildman–Crippen LogP) is 1.62. The number of hydrogen-bond acceptors (Lipinski definition) is 5. The van der Waals surface area contributed by atoms with Crippen LogP contribution in [0.5, 0.6) is 0 Å². The predicted molar refractivity (Wildman–Crippen MR) is 63.3 cm³/mol. The van der Waals surface area contributed by atoms with Crippen LogP contribution in [0, 0.1) is 12.3 Å². The van der Waals surface area contributed by atoms with E-state index in [1.165, 1.54) is 17.5 Å². The first-order valence-electron chi connectivity index (χ1n) is 4.63. The van der Waals surface area contributed by atoms with E-state index in [2.05, 4.69) is 16.2 Å². The van der Waals surface area contributed by atoms with Crippen LogP contribution in [-0.4, -0.2) is 24.1 Å². The minimum atomic E-state index is -0.645. The molecule has 0 saturated heterocycles. The highest BCUT2D eigenvalue weighted by molar-refractivity contribution is 7.16. The van der Waals surface area contributed by atoms with Gasteiger partial charge < -0.3 is 4.74 Å². The molecule has 0 radical (unpaired) electrons. The standard InChI is InChI=1S/C10H11ClN2O2S/c1-3-5-12-8(10(14)15-4-2)9-13-6-7(11)16-9/h1,6,8,12H,4-5H2,2H3. The summed E-state index contributed by atoms with van der Waals surface area (Å²) in [5.74, 6) is 2.00. The molecule has 0 aliphatic rings. The summed E-state index contributed by atoms with van der Waals surface area (Å²) in [4.78, 5) is 15.7. The Morgan fingerprint density at radius 3 is 3.12 bits per heavy atom. The third-order valence-corrected chi connectivity index (χ3v) is 2.85.